The molecule has 2 aromatic carbocycles. The zero-order valence-corrected chi connectivity index (χ0v) is 18.7. The monoisotopic (exact) mass is 447 g/mol. The lowest BCUT2D eigenvalue weighted by Gasteiger charge is -2.25. The van der Waals surface area contributed by atoms with E-state index < -0.39 is 5.91 Å². The molecule has 2 heterocycles. The molecule has 0 saturated heterocycles. The molecule has 6 nitrogen and oxygen atoms in total. The first-order chi connectivity index (χ1) is 15.4. The van der Waals surface area contributed by atoms with Gasteiger partial charge in [0.1, 0.15) is 5.00 Å². The summed E-state index contributed by atoms with van der Waals surface area (Å²) < 4.78 is 0. The van der Waals surface area contributed by atoms with E-state index in [1.54, 1.807) is 4.90 Å². The number of hydrogen-bond donors (Lipinski definition) is 2. The number of nitrogens with one attached hydrogen (secondary N) is 1. The Bertz CT molecular complexity index is 1100. The fraction of sp³-hybridized carbons (Fsp3) is 0.240. The van der Waals surface area contributed by atoms with Crippen LogP contribution in [0.3, 0.4) is 0 Å². The molecule has 0 unspecified atom stereocenters. The van der Waals surface area contributed by atoms with Gasteiger partial charge in [0.25, 0.3) is 5.91 Å². The van der Waals surface area contributed by atoms with Crippen molar-refractivity contribution in [2.75, 3.05) is 11.9 Å². The molecular weight excluding hydrogens is 422 g/mol. The average Bonchev–Trinajstić information content (AvgIpc) is 3.15. The SMILES string of the molecule is CC(=O)N1CCc2c(sc(NC(=O)CC(c3ccccc3)c3ccccc3)c2C(N)=O)C1. The maximum Gasteiger partial charge on any atom is 0.251 e. The number of fused-ring (bicyclic) bond motifs is 1. The third kappa shape index (κ3) is 4.57. The molecule has 3 N–H and O–H groups in total. The van der Waals surface area contributed by atoms with E-state index in [4.69, 9.17) is 5.73 Å². The van der Waals surface area contributed by atoms with Crippen molar-refractivity contribution in [3.63, 3.8) is 0 Å². The maximum atomic E-state index is 13.1. The second kappa shape index (κ2) is 9.36. The summed E-state index contributed by atoms with van der Waals surface area (Å²) in [5, 5.41) is 3.41. The van der Waals surface area contributed by atoms with E-state index in [1.165, 1.54) is 18.3 Å². The summed E-state index contributed by atoms with van der Waals surface area (Å²) in [6, 6.07) is 19.8. The minimum absolute atomic E-state index is 0.0103. The van der Waals surface area contributed by atoms with Crippen LogP contribution in [-0.4, -0.2) is 29.2 Å². The average molecular weight is 448 g/mol. The largest absolute Gasteiger partial charge is 0.365 e. The number of hydrogen-bond acceptors (Lipinski definition) is 4. The van der Waals surface area contributed by atoms with Crippen LogP contribution in [0.5, 0.6) is 0 Å². The van der Waals surface area contributed by atoms with Gasteiger partial charge in [0, 0.05) is 30.7 Å². The Balaban J connectivity index is 1.59. The lowest BCUT2D eigenvalue weighted by Crippen LogP contribution is -2.34. The highest BCUT2D eigenvalue weighted by Crippen LogP contribution is 2.37. The van der Waals surface area contributed by atoms with E-state index in [1.807, 2.05) is 60.7 Å². The molecule has 0 radical (unpaired) electrons. The fourth-order valence-electron chi connectivity index (χ4n) is 4.18. The van der Waals surface area contributed by atoms with Crippen LogP contribution < -0.4 is 11.1 Å². The Morgan fingerprint density at radius 1 is 1.03 bits per heavy atom. The number of nitrogens with two attached hydrogens (primary N) is 1. The van der Waals surface area contributed by atoms with Crippen molar-refractivity contribution in [3.8, 4) is 0 Å². The Morgan fingerprint density at radius 3 is 2.16 bits per heavy atom. The summed E-state index contributed by atoms with van der Waals surface area (Å²) in [4.78, 5) is 39.7. The summed E-state index contributed by atoms with van der Waals surface area (Å²) in [5.41, 5.74) is 8.99. The van der Waals surface area contributed by atoms with Crippen molar-refractivity contribution in [1.29, 1.82) is 0 Å². The predicted octanol–water partition coefficient (Wildman–Crippen LogP) is 3.91. The third-order valence-corrected chi connectivity index (χ3v) is 6.93. The first kappa shape index (κ1) is 21.8. The van der Waals surface area contributed by atoms with E-state index >= 15 is 0 Å². The minimum Gasteiger partial charge on any atom is -0.365 e. The smallest absolute Gasteiger partial charge is 0.251 e. The van der Waals surface area contributed by atoms with Gasteiger partial charge in [0.05, 0.1) is 12.1 Å². The van der Waals surface area contributed by atoms with Crippen LogP contribution in [-0.2, 0) is 22.6 Å². The molecule has 164 valence electrons. The molecule has 0 aliphatic carbocycles. The molecule has 4 rings (SSSR count). The molecule has 0 saturated carbocycles. The van der Waals surface area contributed by atoms with Crippen LogP contribution in [0.15, 0.2) is 60.7 Å². The number of amides is 3. The first-order valence-electron chi connectivity index (χ1n) is 10.5. The van der Waals surface area contributed by atoms with Crippen LogP contribution in [0, 0.1) is 0 Å². The molecule has 1 aromatic heterocycles. The van der Waals surface area contributed by atoms with Crippen LogP contribution in [0.2, 0.25) is 0 Å². The molecule has 1 aliphatic rings. The summed E-state index contributed by atoms with van der Waals surface area (Å²) in [7, 11) is 0. The number of carbonyl (C=O) groups is 3. The number of carbonyl (C=O) groups excluding carboxylic acids is 3. The Morgan fingerprint density at radius 2 is 1.62 bits per heavy atom. The number of benzene rings is 2. The number of primary amides is 1. The Labute approximate surface area is 191 Å². The molecule has 7 heteroatoms. The summed E-state index contributed by atoms with van der Waals surface area (Å²) in [6.45, 7) is 2.50. The van der Waals surface area contributed by atoms with Gasteiger partial charge in [-0.1, -0.05) is 60.7 Å². The highest BCUT2D eigenvalue weighted by atomic mass is 32.1. The zero-order chi connectivity index (χ0) is 22.7. The van der Waals surface area contributed by atoms with Crippen molar-refractivity contribution in [1.82, 2.24) is 4.90 Å². The molecule has 0 atom stereocenters. The normalized spacial score (nSPS) is 13.0. The van der Waals surface area contributed by atoms with E-state index in [-0.39, 0.29) is 24.2 Å². The van der Waals surface area contributed by atoms with E-state index in [0.29, 0.717) is 30.1 Å². The highest BCUT2D eigenvalue weighted by Gasteiger charge is 2.29. The zero-order valence-electron chi connectivity index (χ0n) is 17.8. The van der Waals surface area contributed by atoms with Gasteiger partial charge < -0.3 is 16.0 Å². The van der Waals surface area contributed by atoms with Crippen molar-refractivity contribution in [2.24, 2.45) is 5.73 Å². The van der Waals surface area contributed by atoms with Gasteiger partial charge in [-0.15, -0.1) is 11.3 Å². The summed E-state index contributed by atoms with van der Waals surface area (Å²) in [5.74, 6) is -0.870. The lowest BCUT2D eigenvalue weighted by atomic mass is 9.88. The molecule has 3 amide bonds. The van der Waals surface area contributed by atoms with Crippen LogP contribution >= 0.6 is 11.3 Å². The van der Waals surface area contributed by atoms with E-state index in [0.717, 1.165) is 21.6 Å². The van der Waals surface area contributed by atoms with Gasteiger partial charge in [-0.3, -0.25) is 14.4 Å². The van der Waals surface area contributed by atoms with Crippen LogP contribution in [0.1, 0.15) is 51.2 Å². The van der Waals surface area contributed by atoms with E-state index in [2.05, 4.69) is 5.32 Å². The van der Waals surface area contributed by atoms with Crippen molar-refractivity contribution >= 4 is 34.1 Å². The fourth-order valence-corrected chi connectivity index (χ4v) is 5.47. The second-order valence-corrected chi connectivity index (χ2v) is 8.99. The summed E-state index contributed by atoms with van der Waals surface area (Å²) in [6.07, 6.45) is 0.782. The minimum atomic E-state index is -0.559. The molecule has 0 spiro atoms. The molecule has 32 heavy (non-hydrogen) atoms. The molecule has 0 fully saturated rings. The second-order valence-electron chi connectivity index (χ2n) is 7.89. The van der Waals surface area contributed by atoms with Gasteiger partial charge in [-0.2, -0.15) is 0 Å². The number of rotatable bonds is 6. The number of anilines is 1. The number of nitrogens with zero attached hydrogens (tertiary/aromatic N) is 1. The maximum absolute atomic E-state index is 13.1. The van der Waals surface area contributed by atoms with Crippen molar-refractivity contribution < 1.29 is 14.4 Å². The number of thiophene rings is 1. The Kier molecular flexibility index (Phi) is 6.37. The van der Waals surface area contributed by atoms with Gasteiger partial charge in [-0.05, 0) is 23.1 Å². The standard InChI is InChI=1S/C25H25N3O3S/c1-16(29)28-13-12-19-21(15-28)32-25(23(19)24(26)31)27-22(30)14-20(17-8-4-2-5-9-17)18-10-6-3-7-11-18/h2-11,20H,12-15H2,1H3,(H2,26,31)(H,27,30). The van der Waals surface area contributed by atoms with E-state index in [9.17, 15) is 14.4 Å². The van der Waals surface area contributed by atoms with Gasteiger partial charge in [0.2, 0.25) is 11.8 Å². The lowest BCUT2D eigenvalue weighted by molar-refractivity contribution is -0.129. The third-order valence-electron chi connectivity index (χ3n) is 5.79. The molecule has 1 aliphatic heterocycles. The summed E-state index contributed by atoms with van der Waals surface area (Å²) >= 11 is 1.33. The van der Waals surface area contributed by atoms with Crippen LogP contribution in [0.4, 0.5) is 5.00 Å². The first-order valence-corrected chi connectivity index (χ1v) is 11.3. The molecule has 0 bridgehead atoms. The van der Waals surface area contributed by atoms with Crippen molar-refractivity contribution in [3.05, 3.63) is 87.8 Å². The predicted molar refractivity (Wildman–Crippen MR) is 126 cm³/mol. The molecule has 3 aromatic rings. The Hall–Kier alpha value is -3.45. The molecular formula is C25H25N3O3S. The van der Waals surface area contributed by atoms with Gasteiger partial charge in [0.15, 0.2) is 0 Å². The van der Waals surface area contributed by atoms with Gasteiger partial charge >= 0.3 is 0 Å². The highest BCUT2D eigenvalue weighted by molar-refractivity contribution is 7.17. The van der Waals surface area contributed by atoms with Crippen LogP contribution in [0.25, 0.3) is 0 Å². The van der Waals surface area contributed by atoms with Gasteiger partial charge in [-0.25, -0.2) is 0 Å². The topological polar surface area (TPSA) is 92.5 Å². The van der Waals surface area contributed by atoms with Crippen molar-refractivity contribution in [2.45, 2.75) is 32.2 Å². The quantitative estimate of drug-likeness (QED) is 0.600.